The number of para-hydroxylation sites is 1. The molecule has 1 aromatic heterocycles. The van der Waals surface area contributed by atoms with Crippen molar-refractivity contribution in [1.29, 1.82) is 0 Å². The maximum Gasteiger partial charge on any atom is 0.325 e. The summed E-state index contributed by atoms with van der Waals surface area (Å²) in [6, 6.07) is 11.9. The largest absolute Gasteiger partial charge is 0.325 e. The molecule has 2 heterocycles. The number of anilines is 1. The van der Waals surface area contributed by atoms with Gasteiger partial charge in [-0.1, -0.05) is 24.6 Å². The molecule has 2 aromatic carbocycles. The number of carbonyl (C=O) groups is 2. The van der Waals surface area contributed by atoms with Crippen LogP contribution < -0.4 is 4.90 Å². The highest BCUT2D eigenvalue weighted by atomic mass is 19.1. The molecule has 0 bridgehead atoms. The first kappa shape index (κ1) is 17.8. The molecule has 2 fully saturated rings. The van der Waals surface area contributed by atoms with E-state index in [1.165, 1.54) is 6.07 Å². The Kier molecular flexibility index (Phi) is 4.30. The van der Waals surface area contributed by atoms with Crippen molar-refractivity contribution in [2.24, 2.45) is 5.92 Å². The third kappa shape index (κ3) is 2.97. The number of hydrogen-bond donors (Lipinski definition) is 0. The number of ketones is 1. The SMILES string of the molecule is O=C(CN1CCN(c2cccc3c2cnn3-c2ccccc2F)C1=O)C1CCC1. The highest BCUT2D eigenvalue weighted by molar-refractivity contribution is 6.04. The topological polar surface area (TPSA) is 58.4 Å². The average molecular weight is 392 g/mol. The number of halogens is 1. The summed E-state index contributed by atoms with van der Waals surface area (Å²) < 4.78 is 15.8. The quantitative estimate of drug-likeness (QED) is 0.664. The van der Waals surface area contributed by atoms with E-state index >= 15 is 0 Å². The van der Waals surface area contributed by atoms with Gasteiger partial charge in [0.1, 0.15) is 11.5 Å². The van der Waals surface area contributed by atoms with Crippen LogP contribution in [0.5, 0.6) is 0 Å². The molecule has 6 nitrogen and oxygen atoms in total. The second kappa shape index (κ2) is 6.99. The first-order valence-electron chi connectivity index (χ1n) is 9.94. The average Bonchev–Trinajstić information content (AvgIpc) is 3.25. The third-order valence-electron chi connectivity index (χ3n) is 5.96. The highest BCUT2D eigenvalue weighted by Gasteiger charge is 2.34. The van der Waals surface area contributed by atoms with E-state index in [0.717, 1.165) is 35.9 Å². The minimum atomic E-state index is -0.360. The highest BCUT2D eigenvalue weighted by Crippen LogP contribution is 2.32. The van der Waals surface area contributed by atoms with Crippen LogP contribution in [0.4, 0.5) is 14.9 Å². The fourth-order valence-corrected chi connectivity index (χ4v) is 4.09. The predicted octanol–water partition coefficient (Wildman–Crippen LogP) is 3.78. The van der Waals surface area contributed by atoms with Gasteiger partial charge in [-0.3, -0.25) is 9.69 Å². The second-order valence-corrected chi connectivity index (χ2v) is 7.67. The number of benzene rings is 2. The number of rotatable bonds is 5. The molecule has 1 aliphatic carbocycles. The van der Waals surface area contributed by atoms with E-state index in [1.54, 1.807) is 38.9 Å². The van der Waals surface area contributed by atoms with Gasteiger partial charge in [-0.15, -0.1) is 0 Å². The molecule has 0 N–H and O–H groups in total. The summed E-state index contributed by atoms with van der Waals surface area (Å²) in [5, 5.41) is 5.14. The number of nitrogens with zero attached hydrogens (tertiary/aromatic N) is 4. The van der Waals surface area contributed by atoms with Crippen molar-refractivity contribution in [3.63, 3.8) is 0 Å². The minimum Gasteiger partial charge on any atom is -0.315 e. The Balaban J connectivity index is 1.44. The van der Waals surface area contributed by atoms with Gasteiger partial charge >= 0.3 is 6.03 Å². The van der Waals surface area contributed by atoms with Gasteiger partial charge in [0.2, 0.25) is 0 Å². The Bertz CT molecular complexity index is 1110. The molecule has 1 aliphatic heterocycles. The summed E-state index contributed by atoms with van der Waals surface area (Å²) in [6.07, 6.45) is 4.65. The van der Waals surface area contributed by atoms with E-state index < -0.39 is 0 Å². The first-order valence-corrected chi connectivity index (χ1v) is 9.94. The summed E-state index contributed by atoms with van der Waals surface area (Å²) in [5.74, 6) is -0.0721. The van der Waals surface area contributed by atoms with Gasteiger partial charge in [-0.2, -0.15) is 5.10 Å². The van der Waals surface area contributed by atoms with Crippen LogP contribution in [0, 0.1) is 11.7 Å². The molecule has 1 saturated carbocycles. The van der Waals surface area contributed by atoms with Crippen LogP contribution >= 0.6 is 0 Å². The summed E-state index contributed by atoms with van der Waals surface area (Å²) in [6.45, 7) is 1.22. The molecule has 2 amide bonds. The lowest BCUT2D eigenvalue weighted by Crippen LogP contribution is -2.38. The minimum absolute atomic E-state index is 0.124. The van der Waals surface area contributed by atoms with E-state index in [2.05, 4.69) is 5.10 Å². The van der Waals surface area contributed by atoms with Crippen LogP contribution in [0.1, 0.15) is 19.3 Å². The van der Waals surface area contributed by atoms with Crippen molar-refractivity contribution in [1.82, 2.24) is 14.7 Å². The Morgan fingerprint density at radius 3 is 2.62 bits per heavy atom. The Hall–Kier alpha value is -3.22. The van der Waals surface area contributed by atoms with E-state index in [-0.39, 0.29) is 30.1 Å². The number of fused-ring (bicyclic) bond motifs is 1. The van der Waals surface area contributed by atoms with Gasteiger partial charge < -0.3 is 4.90 Å². The molecule has 0 unspecified atom stereocenters. The molecule has 0 spiro atoms. The normalized spacial score (nSPS) is 17.2. The third-order valence-corrected chi connectivity index (χ3v) is 5.96. The van der Waals surface area contributed by atoms with Gasteiger partial charge in [0.25, 0.3) is 0 Å². The number of amides is 2. The van der Waals surface area contributed by atoms with Gasteiger partial charge in [-0.25, -0.2) is 13.9 Å². The number of urea groups is 1. The first-order chi connectivity index (χ1) is 14.1. The van der Waals surface area contributed by atoms with Crippen LogP contribution in [-0.4, -0.2) is 46.1 Å². The number of carbonyl (C=O) groups excluding carboxylic acids is 2. The lowest BCUT2D eigenvalue weighted by atomic mass is 9.82. The number of Topliss-reactive ketones (excluding diaryl/α,β-unsaturated/α-hetero) is 1. The molecule has 7 heteroatoms. The number of hydrogen-bond acceptors (Lipinski definition) is 3. The van der Waals surface area contributed by atoms with Crippen molar-refractivity contribution in [2.75, 3.05) is 24.5 Å². The smallest absolute Gasteiger partial charge is 0.315 e. The molecule has 0 radical (unpaired) electrons. The summed E-state index contributed by atoms with van der Waals surface area (Å²) >= 11 is 0. The summed E-state index contributed by atoms with van der Waals surface area (Å²) in [5.41, 5.74) is 1.82. The fraction of sp³-hybridized carbons (Fsp3) is 0.318. The zero-order valence-electron chi connectivity index (χ0n) is 15.9. The number of aromatic nitrogens is 2. The summed E-state index contributed by atoms with van der Waals surface area (Å²) in [4.78, 5) is 28.6. The molecular formula is C22H21FN4O2. The second-order valence-electron chi connectivity index (χ2n) is 7.67. The maximum atomic E-state index is 14.3. The Labute approximate surface area is 167 Å². The summed E-state index contributed by atoms with van der Waals surface area (Å²) in [7, 11) is 0. The Morgan fingerprint density at radius 2 is 1.86 bits per heavy atom. The van der Waals surface area contributed by atoms with E-state index in [0.29, 0.717) is 18.8 Å². The van der Waals surface area contributed by atoms with Gasteiger partial charge in [-0.05, 0) is 37.1 Å². The molecule has 1 saturated heterocycles. The van der Waals surface area contributed by atoms with Crippen molar-refractivity contribution in [3.8, 4) is 5.69 Å². The molecular weight excluding hydrogens is 371 g/mol. The molecule has 3 aromatic rings. The molecule has 148 valence electrons. The zero-order chi connectivity index (χ0) is 20.0. The van der Waals surface area contributed by atoms with Crippen LogP contribution in [-0.2, 0) is 4.79 Å². The maximum absolute atomic E-state index is 14.3. The van der Waals surface area contributed by atoms with E-state index in [9.17, 15) is 14.0 Å². The van der Waals surface area contributed by atoms with Crippen molar-refractivity contribution >= 4 is 28.4 Å². The Morgan fingerprint density at radius 1 is 1.07 bits per heavy atom. The van der Waals surface area contributed by atoms with Crippen molar-refractivity contribution in [3.05, 3.63) is 54.5 Å². The predicted molar refractivity (Wildman–Crippen MR) is 108 cm³/mol. The molecule has 5 rings (SSSR count). The van der Waals surface area contributed by atoms with E-state index in [4.69, 9.17) is 0 Å². The van der Waals surface area contributed by atoms with Crippen molar-refractivity contribution < 1.29 is 14.0 Å². The molecule has 0 atom stereocenters. The van der Waals surface area contributed by atoms with Crippen LogP contribution in [0.2, 0.25) is 0 Å². The monoisotopic (exact) mass is 392 g/mol. The van der Waals surface area contributed by atoms with Crippen LogP contribution in [0.25, 0.3) is 16.6 Å². The van der Waals surface area contributed by atoms with Crippen LogP contribution in [0.15, 0.2) is 48.7 Å². The van der Waals surface area contributed by atoms with Gasteiger partial charge in [0.15, 0.2) is 5.78 Å². The van der Waals surface area contributed by atoms with E-state index in [1.807, 2.05) is 18.2 Å². The molecule has 2 aliphatic rings. The van der Waals surface area contributed by atoms with Gasteiger partial charge in [0, 0.05) is 24.4 Å². The van der Waals surface area contributed by atoms with Crippen molar-refractivity contribution in [2.45, 2.75) is 19.3 Å². The lowest BCUT2D eigenvalue weighted by Gasteiger charge is -2.26. The van der Waals surface area contributed by atoms with Crippen LogP contribution in [0.3, 0.4) is 0 Å². The van der Waals surface area contributed by atoms with Gasteiger partial charge in [0.05, 0.1) is 23.9 Å². The zero-order valence-corrected chi connectivity index (χ0v) is 15.9. The fourth-order valence-electron chi connectivity index (χ4n) is 4.09. The standard InChI is InChI=1S/C22H21FN4O2/c23-17-7-1-2-8-20(17)27-19-10-4-9-18(16(19)13-24-27)26-12-11-25(22(26)29)14-21(28)15-5-3-6-15/h1-2,4,7-10,13,15H,3,5-6,11-12,14H2. The molecule has 29 heavy (non-hydrogen) atoms. The lowest BCUT2D eigenvalue weighted by molar-refractivity contribution is -0.125.